The minimum atomic E-state index is -0.190. The average molecular weight is 283 g/mol. The fourth-order valence-corrected chi connectivity index (χ4v) is 1.58. The smallest absolute Gasteiger partial charge is 0.319 e. The summed E-state index contributed by atoms with van der Waals surface area (Å²) in [6, 6.07) is 7.64. The highest BCUT2D eigenvalue weighted by atomic mass is 79.9. The van der Waals surface area contributed by atoms with E-state index in [1.165, 1.54) is 0 Å². The molecular weight excluding hydrogens is 268 g/mol. The lowest BCUT2D eigenvalue weighted by molar-refractivity contribution is 0.243. The molecule has 0 saturated heterocycles. The second-order valence-electron chi connectivity index (χ2n) is 3.27. The first kappa shape index (κ1) is 12.8. The SMILES string of the molecule is CC/C=C/NC(=O)NCc1cccc(Br)c1. The summed E-state index contributed by atoms with van der Waals surface area (Å²) >= 11 is 3.38. The Labute approximate surface area is 104 Å². The molecule has 1 aromatic rings. The molecule has 0 fully saturated rings. The maximum Gasteiger partial charge on any atom is 0.319 e. The summed E-state index contributed by atoms with van der Waals surface area (Å²) in [6.45, 7) is 2.53. The van der Waals surface area contributed by atoms with Gasteiger partial charge >= 0.3 is 6.03 Å². The Morgan fingerprint density at radius 3 is 3.00 bits per heavy atom. The van der Waals surface area contributed by atoms with E-state index in [1.54, 1.807) is 6.20 Å². The summed E-state index contributed by atoms with van der Waals surface area (Å²) < 4.78 is 1.01. The normalized spacial score (nSPS) is 10.4. The molecule has 3 nitrogen and oxygen atoms in total. The van der Waals surface area contributed by atoms with Gasteiger partial charge in [-0.3, -0.25) is 0 Å². The van der Waals surface area contributed by atoms with E-state index in [1.807, 2.05) is 37.3 Å². The fraction of sp³-hybridized carbons (Fsp3) is 0.250. The number of hydrogen-bond donors (Lipinski definition) is 2. The van der Waals surface area contributed by atoms with Crippen LogP contribution in [0.4, 0.5) is 4.79 Å². The van der Waals surface area contributed by atoms with E-state index in [9.17, 15) is 4.79 Å². The Hall–Kier alpha value is -1.29. The van der Waals surface area contributed by atoms with Crippen molar-refractivity contribution in [2.24, 2.45) is 0 Å². The van der Waals surface area contributed by atoms with E-state index in [4.69, 9.17) is 0 Å². The highest BCUT2D eigenvalue weighted by molar-refractivity contribution is 9.10. The van der Waals surface area contributed by atoms with Gasteiger partial charge in [0, 0.05) is 17.2 Å². The Morgan fingerprint density at radius 1 is 1.50 bits per heavy atom. The minimum Gasteiger partial charge on any atom is -0.334 e. The third-order valence-corrected chi connectivity index (χ3v) is 2.40. The minimum absolute atomic E-state index is 0.190. The molecule has 0 aliphatic heterocycles. The van der Waals surface area contributed by atoms with Crippen LogP contribution in [-0.2, 0) is 6.54 Å². The molecule has 0 atom stereocenters. The van der Waals surface area contributed by atoms with Crippen molar-refractivity contribution in [1.29, 1.82) is 0 Å². The number of nitrogens with one attached hydrogen (secondary N) is 2. The van der Waals surface area contributed by atoms with Crippen LogP contribution in [0, 0.1) is 0 Å². The zero-order valence-corrected chi connectivity index (χ0v) is 10.8. The molecule has 0 unspecified atom stereocenters. The molecule has 0 heterocycles. The monoisotopic (exact) mass is 282 g/mol. The van der Waals surface area contributed by atoms with Crippen molar-refractivity contribution >= 4 is 22.0 Å². The zero-order chi connectivity index (χ0) is 11.8. The van der Waals surface area contributed by atoms with Gasteiger partial charge in [-0.2, -0.15) is 0 Å². The molecule has 0 spiro atoms. The highest BCUT2D eigenvalue weighted by Gasteiger charge is 1.97. The summed E-state index contributed by atoms with van der Waals surface area (Å²) in [5.41, 5.74) is 1.06. The van der Waals surface area contributed by atoms with E-state index in [0.29, 0.717) is 6.54 Å². The summed E-state index contributed by atoms with van der Waals surface area (Å²) in [5, 5.41) is 5.39. The van der Waals surface area contributed by atoms with Gasteiger partial charge in [0.2, 0.25) is 0 Å². The van der Waals surface area contributed by atoms with Gasteiger partial charge in [-0.25, -0.2) is 4.79 Å². The third kappa shape index (κ3) is 4.98. The first-order valence-electron chi connectivity index (χ1n) is 5.16. The van der Waals surface area contributed by atoms with Crippen molar-refractivity contribution in [3.05, 3.63) is 46.6 Å². The molecule has 0 aliphatic rings. The predicted molar refractivity (Wildman–Crippen MR) is 68.9 cm³/mol. The number of amides is 2. The lowest BCUT2D eigenvalue weighted by Crippen LogP contribution is -2.31. The largest absolute Gasteiger partial charge is 0.334 e. The molecular formula is C12H15BrN2O. The molecule has 2 N–H and O–H groups in total. The van der Waals surface area contributed by atoms with E-state index < -0.39 is 0 Å². The number of rotatable bonds is 4. The van der Waals surface area contributed by atoms with Crippen LogP contribution >= 0.6 is 15.9 Å². The van der Waals surface area contributed by atoms with Crippen LogP contribution in [0.3, 0.4) is 0 Å². The van der Waals surface area contributed by atoms with Crippen LogP contribution in [0.5, 0.6) is 0 Å². The quantitative estimate of drug-likeness (QED) is 0.875. The molecule has 0 radical (unpaired) electrons. The lowest BCUT2D eigenvalue weighted by Gasteiger charge is -2.04. The Kier molecular flexibility index (Phi) is 5.64. The van der Waals surface area contributed by atoms with Crippen molar-refractivity contribution in [3.63, 3.8) is 0 Å². The van der Waals surface area contributed by atoms with Gasteiger partial charge in [0.05, 0.1) is 0 Å². The molecule has 1 rings (SSSR count). The van der Waals surface area contributed by atoms with Gasteiger partial charge < -0.3 is 10.6 Å². The van der Waals surface area contributed by atoms with E-state index in [0.717, 1.165) is 16.5 Å². The number of halogens is 1. The Bertz CT molecular complexity index is 377. The Morgan fingerprint density at radius 2 is 2.31 bits per heavy atom. The topological polar surface area (TPSA) is 41.1 Å². The van der Waals surface area contributed by atoms with Crippen molar-refractivity contribution in [3.8, 4) is 0 Å². The lowest BCUT2D eigenvalue weighted by atomic mass is 10.2. The van der Waals surface area contributed by atoms with Gasteiger partial charge in [0.1, 0.15) is 0 Å². The number of hydrogen-bond acceptors (Lipinski definition) is 1. The summed E-state index contributed by atoms with van der Waals surface area (Å²) in [6.07, 6.45) is 4.45. The predicted octanol–water partition coefficient (Wildman–Crippen LogP) is 3.17. The van der Waals surface area contributed by atoms with Crippen LogP contribution < -0.4 is 10.6 Å². The van der Waals surface area contributed by atoms with E-state index in [-0.39, 0.29) is 6.03 Å². The van der Waals surface area contributed by atoms with Crippen molar-refractivity contribution < 1.29 is 4.79 Å². The van der Waals surface area contributed by atoms with Gasteiger partial charge in [-0.1, -0.05) is 41.1 Å². The zero-order valence-electron chi connectivity index (χ0n) is 9.16. The molecule has 0 aromatic heterocycles. The molecule has 0 bridgehead atoms. The fourth-order valence-electron chi connectivity index (χ4n) is 1.13. The number of urea groups is 1. The summed E-state index contributed by atoms with van der Waals surface area (Å²) in [4.78, 5) is 11.3. The third-order valence-electron chi connectivity index (χ3n) is 1.91. The van der Waals surface area contributed by atoms with Crippen LogP contribution in [0.2, 0.25) is 0 Å². The first-order chi connectivity index (χ1) is 7.72. The molecule has 86 valence electrons. The highest BCUT2D eigenvalue weighted by Crippen LogP contribution is 2.11. The molecule has 16 heavy (non-hydrogen) atoms. The number of carbonyl (C=O) groups excluding carboxylic acids is 1. The van der Waals surface area contributed by atoms with Crippen LogP contribution in [-0.4, -0.2) is 6.03 Å². The van der Waals surface area contributed by atoms with Crippen molar-refractivity contribution in [1.82, 2.24) is 10.6 Å². The maximum absolute atomic E-state index is 11.3. The molecule has 0 saturated carbocycles. The molecule has 2 amide bonds. The van der Waals surface area contributed by atoms with Crippen LogP contribution in [0.15, 0.2) is 41.0 Å². The molecule has 0 aliphatic carbocycles. The van der Waals surface area contributed by atoms with Gasteiger partial charge in [0.15, 0.2) is 0 Å². The maximum atomic E-state index is 11.3. The van der Waals surface area contributed by atoms with Gasteiger partial charge in [-0.05, 0) is 24.1 Å². The first-order valence-corrected chi connectivity index (χ1v) is 5.95. The number of allylic oxidation sites excluding steroid dienone is 1. The van der Waals surface area contributed by atoms with Crippen molar-refractivity contribution in [2.75, 3.05) is 0 Å². The molecule has 4 heteroatoms. The number of carbonyl (C=O) groups is 1. The Balaban J connectivity index is 2.34. The van der Waals surface area contributed by atoms with E-state index >= 15 is 0 Å². The van der Waals surface area contributed by atoms with Crippen LogP contribution in [0.1, 0.15) is 18.9 Å². The van der Waals surface area contributed by atoms with Gasteiger partial charge in [-0.15, -0.1) is 0 Å². The van der Waals surface area contributed by atoms with Gasteiger partial charge in [0.25, 0.3) is 0 Å². The summed E-state index contributed by atoms with van der Waals surface area (Å²) in [7, 11) is 0. The average Bonchev–Trinajstić information content (AvgIpc) is 2.27. The summed E-state index contributed by atoms with van der Waals surface area (Å²) in [5.74, 6) is 0. The van der Waals surface area contributed by atoms with Crippen molar-refractivity contribution in [2.45, 2.75) is 19.9 Å². The number of benzene rings is 1. The second kappa shape index (κ2) is 7.06. The second-order valence-corrected chi connectivity index (χ2v) is 4.18. The molecule has 1 aromatic carbocycles. The van der Waals surface area contributed by atoms with Crippen LogP contribution in [0.25, 0.3) is 0 Å². The standard InChI is InChI=1S/C12H15BrN2O/c1-2-3-7-14-12(16)15-9-10-5-4-6-11(13)8-10/h3-8H,2,9H2,1H3,(H2,14,15,16)/b7-3+. The van der Waals surface area contributed by atoms with E-state index in [2.05, 4.69) is 26.6 Å².